The number of anilines is 2. The molecule has 1 aliphatic carbocycles. The SMILES string of the molecule is NC(=O)c1ccc(N)cc1NC1CCCCC1CO. The second kappa shape index (κ2) is 5.93. The minimum absolute atomic E-state index is 0.159. The van der Waals surface area contributed by atoms with Gasteiger partial charge in [0.25, 0.3) is 5.91 Å². The molecule has 1 amide bonds. The second-order valence-electron chi connectivity index (χ2n) is 5.15. The lowest BCUT2D eigenvalue weighted by Gasteiger charge is -2.32. The zero-order valence-electron chi connectivity index (χ0n) is 10.9. The Bertz CT molecular complexity index is 462. The first-order valence-electron chi connectivity index (χ1n) is 6.68. The summed E-state index contributed by atoms with van der Waals surface area (Å²) >= 11 is 0. The van der Waals surface area contributed by atoms with Crippen molar-refractivity contribution in [3.8, 4) is 0 Å². The fourth-order valence-electron chi connectivity index (χ4n) is 2.71. The molecule has 0 saturated heterocycles. The van der Waals surface area contributed by atoms with Crippen molar-refractivity contribution >= 4 is 17.3 Å². The molecule has 1 fully saturated rings. The summed E-state index contributed by atoms with van der Waals surface area (Å²) in [5.41, 5.74) is 12.8. The van der Waals surface area contributed by atoms with Gasteiger partial charge in [0.2, 0.25) is 0 Å². The van der Waals surface area contributed by atoms with E-state index in [1.165, 1.54) is 0 Å². The fourth-order valence-corrected chi connectivity index (χ4v) is 2.71. The van der Waals surface area contributed by atoms with Crippen molar-refractivity contribution in [2.24, 2.45) is 11.7 Å². The van der Waals surface area contributed by atoms with Gasteiger partial charge in [-0.1, -0.05) is 12.8 Å². The number of aliphatic hydroxyl groups is 1. The van der Waals surface area contributed by atoms with Gasteiger partial charge in [-0.25, -0.2) is 0 Å². The smallest absolute Gasteiger partial charge is 0.250 e. The van der Waals surface area contributed by atoms with E-state index < -0.39 is 5.91 Å². The van der Waals surface area contributed by atoms with Crippen molar-refractivity contribution in [3.63, 3.8) is 0 Å². The van der Waals surface area contributed by atoms with Crippen LogP contribution in [0.3, 0.4) is 0 Å². The molecule has 5 nitrogen and oxygen atoms in total. The predicted octanol–water partition coefficient (Wildman–Crippen LogP) is 1.33. The molecule has 0 radical (unpaired) electrons. The van der Waals surface area contributed by atoms with E-state index in [9.17, 15) is 9.90 Å². The Hall–Kier alpha value is -1.75. The third kappa shape index (κ3) is 3.17. The monoisotopic (exact) mass is 263 g/mol. The number of nitrogens with one attached hydrogen (secondary N) is 1. The average Bonchev–Trinajstić information content (AvgIpc) is 2.39. The molecule has 0 heterocycles. The largest absolute Gasteiger partial charge is 0.399 e. The zero-order chi connectivity index (χ0) is 13.8. The van der Waals surface area contributed by atoms with Gasteiger partial charge in [-0.3, -0.25) is 4.79 Å². The van der Waals surface area contributed by atoms with E-state index in [0.717, 1.165) is 25.7 Å². The molecule has 2 rings (SSSR count). The summed E-state index contributed by atoms with van der Waals surface area (Å²) in [7, 11) is 0. The third-order valence-electron chi connectivity index (χ3n) is 3.79. The first-order valence-corrected chi connectivity index (χ1v) is 6.68. The van der Waals surface area contributed by atoms with Crippen LogP contribution in [0, 0.1) is 5.92 Å². The van der Waals surface area contributed by atoms with E-state index in [2.05, 4.69) is 5.32 Å². The van der Waals surface area contributed by atoms with E-state index in [4.69, 9.17) is 11.5 Å². The van der Waals surface area contributed by atoms with Gasteiger partial charge in [-0.2, -0.15) is 0 Å². The molecule has 0 spiro atoms. The molecule has 6 N–H and O–H groups in total. The first kappa shape index (κ1) is 13.7. The van der Waals surface area contributed by atoms with E-state index in [0.29, 0.717) is 16.9 Å². The maximum atomic E-state index is 11.4. The van der Waals surface area contributed by atoms with Gasteiger partial charge in [-0.05, 0) is 31.0 Å². The molecule has 0 bridgehead atoms. The number of rotatable bonds is 4. The van der Waals surface area contributed by atoms with Crippen molar-refractivity contribution in [3.05, 3.63) is 23.8 Å². The number of aliphatic hydroxyl groups excluding tert-OH is 1. The number of hydrogen-bond donors (Lipinski definition) is 4. The Morgan fingerprint density at radius 2 is 2.11 bits per heavy atom. The topological polar surface area (TPSA) is 101 Å². The molecule has 1 aromatic carbocycles. The lowest BCUT2D eigenvalue weighted by atomic mass is 9.85. The number of nitrogens with two attached hydrogens (primary N) is 2. The van der Waals surface area contributed by atoms with Gasteiger partial charge in [0, 0.05) is 29.9 Å². The molecule has 1 saturated carbocycles. The quantitative estimate of drug-likeness (QED) is 0.615. The Morgan fingerprint density at radius 3 is 2.79 bits per heavy atom. The van der Waals surface area contributed by atoms with Crippen molar-refractivity contribution in [1.82, 2.24) is 0 Å². The molecular weight excluding hydrogens is 242 g/mol. The first-order chi connectivity index (χ1) is 9.11. The Balaban J connectivity index is 2.21. The van der Waals surface area contributed by atoms with Crippen molar-refractivity contribution in [1.29, 1.82) is 0 Å². The summed E-state index contributed by atoms with van der Waals surface area (Å²) in [6, 6.07) is 5.19. The highest BCUT2D eigenvalue weighted by molar-refractivity contribution is 5.99. The maximum absolute atomic E-state index is 11.4. The number of benzene rings is 1. The molecule has 104 valence electrons. The molecule has 5 heteroatoms. The lowest BCUT2D eigenvalue weighted by Crippen LogP contribution is -2.35. The van der Waals surface area contributed by atoms with Crippen LogP contribution < -0.4 is 16.8 Å². The number of hydrogen-bond acceptors (Lipinski definition) is 4. The van der Waals surface area contributed by atoms with Crippen LogP contribution in [0.15, 0.2) is 18.2 Å². The highest BCUT2D eigenvalue weighted by Crippen LogP contribution is 2.29. The van der Waals surface area contributed by atoms with Crippen molar-refractivity contribution < 1.29 is 9.90 Å². The standard InChI is InChI=1S/C14H21N3O2/c15-10-5-6-11(14(16)19)13(7-10)17-12-4-2-1-3-9(12)8-18/h5-7,9,12,17-18H,1-4,8,15H2,(H2,16,19). The minimum atomic E-state index is -0.473. The van der Waals surface area contributed by atoms with Gasteiger partial charge in [0.15, 0.2) is 0 Å². The van der Waals surface area contributed by atoms with Crippen LogP contribution in [0.1, 0.15) is 36.0 Å². The molecule has 1 aliphatic rings. The molecule has 1 aromatic rings. The Labute approximate surface area is 113 Å². The van der Waals surface area contributed by atoms with Gasteiger partial charge in [0.1, 0.15) is 0 Å². The van der Waals surface area contributed by atoms with Crippen LogP contribution >= 0.6 is 0 Å². The van der Waals surface area contributed by atoms with E-state index in [1.54, 1.807) is 18.2 Å². The van der Waals surface area contributed by atoms with Crippen LogP contribution in [-0.2, 0) is 0 Å². The average molecular weight is 263 g/mol. The molecular formula is C14H21N3O2. The summed E-state index contributed by atoms with van der Waals surface area (Å²) in [5, 5.41) is 12.7. The van der Waals surface area contributed by atoms with Crippen molar-refractivity contribution in [2.45, 2.75) is 31.7 Å². The third-order valence-corrected chi connectivity index (χ3v) is 3.79. The summed E-state index contributed by atoms with van der Waals surface area (Å²) in [6.07, 6.45) is 4.26. The highest BCUT2D eigenvalue weighted by atomic mass is 16.3. The number of carbonyl (C=O) groups excluding carboxylic acids is 1. The van der Waals surface area contributed by atoms with Gasteiger partial charge < -0.3 is 21.9 Å². The van der Waals surface area contributed by atoms with E-state index in [1.807, 2.05) is 0 Å². The summed E-state index contributed by atoms with van der Waals surface area (Å²) in [6.45, 7) is 0.159. The van der Waals surface area contributed by atoms with Crippen LogP contribution in [0.4, 0.5) is 11.4 Å². The van der Waals surface area contributed by atoms with Crippen molar-refractivity contribution in [2.75, 3.05) is 17.7 Å². The minimum Gasteiger partial charge on any atom is -0.399 e. The highest BCUT2D eigenvalue weighted by Gasteiger charge is 2.25. The number of nitrogen functional groups attached to an aromatic ring is 1. The molecule has 19 heavy (non-hydrogen) atoms. The Kier molecular flexibility index (Phi) is 4.27. The van der Waals surface area contributed by atoms with Crippen LogP contribution in [0.2, 0.25) is 0 Å². The lowest BCUT2D eigenvalue weighted by molar-refractivity contribution is 0.100. The fraction of sp³-hybridized carbons (Fsp3) is 0.500. The summed E-state index contributed by atoms with van der Waals surface area (Å²) < 4.78 is 0. The van der Waals surface area contributed by atoms with Gasteiger partial charge in [-0.15, -0.1) is 0 Å². The van der Waals surface area contributed by atoms with Crippen LogP contribution in [-0.4, -0.2) is 23.7 Å². The Morgan fingerprint density at radius 1 is 1.37 bits per heavy atom. The summed E-state index contributed by atoms with van der Waals surface area (Å²) in [4.78, 5) is 11.4. The van der Waals surface area contributed by atoms with Crippen LogP contribution in [0.25, 0.3) is 0 Å². The normalized spacial score (nSPS) is 23.0. The maximum Gasteiger partial charge on any atom is 0.250 e. The molecule has 2 unspecified atom stereocenters. The summed E-state index contributed by atoms with van der Waals surface area (Å²) in [5.74, 6) is -0.255. The predicted molar refractivity (Wildman–Crippen MR) is 75.8 cm³/mol. The van der Waals surface area contributed by atoms with Gasteiger partial charge in [0.05, 0.1) is 5.56 Å². The van der Waals surface area contributed by atoms with E-state index >= 15 is 0 Å². The molecule has 2 atom stereocenters. The van der Waals surface area contributed by atoms with E-state index in [-0.39, 0.29) is 18.6 Å². The molecule has 0 aromatic heterocycles. The number of amides is 1. The van der Waals surface area contributed by atoms with Crippen LogP contribution in [0.5, 0.6) is 0 Å². The number of primary amides is 1. The number of carbonyl (C=O) groups is 1. The van der Waals surface area contributed by atoms with Gasteiger partial charge >= 0.3 is 0 Å². The molecule has 0 aliphatic heterocycles. The zero-order valence-corrected chi connectivity index (χ0v) is 10.9. The second-order valence-corrected chi connectivity index (χ2v) is 5.15.